The van der Waals surface area contributed by atoms with Crippen LogP contribution in [0.2, 0.25) is 0 Å². The van der Waals surface area contributed by atoms with Gasteiger partial charge in [-0.3, -0.25) is 9.59 Å². The number of hydrogen-bond donors (Lipinski definition) is 1. The molecule has 2 N–H and O–H groups in total. The third-order valence-corrected chi connectivity index (χ3v) is 5.07. The molecule has 0 fully saturated rings. The van der Waals surface area contributed by atoms with Gasteiger partial charge in [-0.1, -0.05) is 24.3 Å². The first-order valence-electron chi connectivity index (χ1n) is 9.98. The number of carbonyl (C=O) groups is 2. The SMILES string of the molecule is COc1ccc(CN(Cc2ccc(OC)cc2)C(=O)c2cc(C(N)=O)ccc2OC)cc1. The molecule has 0 unspecified atom stereocenters. The van der Waals surface area contributed by atoms with Crippen LogP contribution in [-0.4, -0.2) is 38.0 Å². The minimum atomic E-state index is -0.612. The van der Waals surface area contributed by atoms with E-state index in [4.69, 9.17) is 19.9 Å². The Kier molecular flexibility index (Phi) is 7.33. The number of hydrogen-bond acceptors (Lipinski definition) is 5. The summed E-state index contributed by atoms with van der Waals surface area (Å²) in [5.74, 6) is 0.944. The van der Waals surface area contributed by atoms with Crippen LogP contribution in [0.5, 0.6) is 17.2 Å². The van der Waals surface area contributed by atoms with Crippen molar-refractivity contribution in [1.82, 2.24) is 4.90 Å². The van der Waals surface area contributed by atoms with Crippen LogP contribution in [0.25, 0.3) is 0 Å². The van der Waals surface area contributed by atoms with Crippen molar-refractivity contribution in [3.05, 3.63) is 89.0 Å². The normalized spacial score (nSPS) is 10.3. The van der Waals surface area contributed by atoms with Gasteiger partial charge in [-0.25, -0.2) is 0 Å². The van der Waals surface area contributed by atoms with E-state index in [9.17, 15) is 9.59 Å². The van der Waals surface area contributed by atoms with Gasteiger partial charge in [0.1, 0.15) is 17.2 Å². The molecule has 0 aliphatic rings. The van der Waals surface area contributed by atoms with E-state index in [1.165, 1.54) is 19.2 Å². The smallest absolute Gasteiger partial charge is 0.258 e. The summed E-state index contributed by atoms with van der Waals surface area (Å²) in [5.41, 5.74) is 7.79. The first kappa shape index (κ1) is 22.7. The molecule has 0 radical (unpaired) electrons. The maximum Gasteiger partial charge on any atom is 0.258 e. The van der Waals surface area contributed by atoms with E-state index in [1.54, 1.807) is 25.2 Å². The number of nitrogens with two attached hydrogens (primary N) is 1. The Morgan fingerprint density at radius 2 is 1.25 bits per heavy atom. The molecule has 0 heterocycles. The molecule has 0 aromatic heterocycles. The monoisotopic (exact) mass is 434 g/mol. The van der Waals surface area contributed by atoms with Crippen molar-refractivity contribution in [1.29, 1.82) is 0 Å². The zero-order valence-electron chi connectivity index (χ0n) is 18.3. The maximum atomic E-state index is 13.6. The predicted octanol–water partition coefficient (Wildman–Crippen LogP) is 3.65. The van der Waals surface area contributed by atoms with Crippen LogP contribution >= 0.6 is 0 Å². The Morgan fingerprint density at radius 1 is 0.750 bits per heavy atom. The molecule has 0 aliphatic carbocycles. The van der Waals surface area contributed by atoms with Crippen molar-refractivity contribution in [2.45, 2.75) is 13.1 Å². The largest absolute Gasteiger partial charge is 0.497 e. The number of nitrogens with zero attached hydrogens (tertiary/aromatic N) is 1. The van der Waals surface area contributed by atoms with E-state index in [1.807, 2.05) is 48.5 Å². The number of rotatable bonds is 9. The van der Waals surface area contributed by atoms with Gasteiger partial charge in [0.15, 0.2) is 0 Å². The maximum absolute atomic E-state index is 13.6. The van der Waals surface area contributed by atoms with E-state index < -0.39 is 5.91 Å². The van der Waals surface area contributed by atoms with Gasteiger partial charge in [-0.05, 0) is 53.6 Å². The molecule has 7 nitrogen and oxygen atoms in total. The molecule has 0 aliphatic heterocycles. The summed E-state index contributed by atoms with van der Waals surface area (Å²) in [5, 5.41) is 0. The van der Waals surface area contributed by atoms with Crippen molar-refractivity contribution in [3.8, 4) is 17.2 Å². The molecular formula is C25H26N2O5. The summed E-state index contributed by atoms with van der Waals surface area (Å²) >= 11 is 0. The van der Waals surface area contributed by atoms with Crippen LogP contribution < -0.4 is 19.9 Å². The van der Waals surface area contributed by atoms with E-state index in [-0.39, 0.29) is 17.0 Å². The quantitative estimate of drug-likeness (QED) is 0.555. The lowest BCUT2D eigenvalue weighted by Crippen LogP contribution is -2.30. The highest BCUT2D eigenvalue weighted by atomic mass is 16.5. The van der Waals surface area contributed by atoms with E-state index in [0.717, 1.165) is 22.6 Å². The highest BCUT2D eigenvalue weighted by Crippen LogP contribution is 2.25. The Hall–Kier alpha value is -4.00. The van der Waals surface area contributed by atoms with Crippen LogP contribution in [0, 0.1) is 0 Å². The van der Waals surface area contributed by atoms with Gasteiger partial charge in [0, 0.05) is 18.7 Å². The van der Waals surface area contributed by atoms with Gasteiger partial charge in [0.05, 0.1) is 26.9 Å². The molecular weight excluding hydrogens is 408 g/mol. The number of ether oxygens (including phenoxy) is 3. The summed E-state index contributed by atoms with van der Waals surface area (Å²) in [6.45, 7) is 0.692. The molecule has 166 valence electrons. The highest BCUT2D eigenvalue weighted by molar-refractivity contribution is 6.01. The average molecular weight is 434 g/mol. The summed E-state index contributed by atoms with van der Waals surface area (Å²) in [6.07, 6.45) is 0. The number of carbonyl (C=O) groups excluding carboxylic acids is 2. The minimum Gasteiger partial charge on any atom is -0.497 e. The van der Waals surface area contributed by atoms with Crippen LogP contribution in [0.3, 0.4) is 0 Å². The lowest BCUT2D eigenvalue weighted by Gasteiger charge is -2.24. The summed E-state index contributed by atoms with van der Waals surface area (Å²) in [4.78, 5) is 27.0. The van der Waals surface area contributed by atoms with Crippen molar-refractivity contribution >= 4 is 11.8 Å². The van der Waals surface area contributed by atoms with Gasteiger partial charge in [0.25, 0.3) is 5.91 Å². The second-order valence-corrected chi connectivity index (χ2v) is 7.14. The molecule has 0 saturated heterocycles. The fourth-order valence-electron chi connectivity index (χ4n) is 3.30. The lowest BCUT2D eigenvalue weighted by atomic mass is 10.1. The second kappa shape index (κ2) is 10.3. The zero-order valence-corrected chi connectivity index (χ0v) is 18.3. The van der Waals surface area contributed by atoms with Gasteiger partial charge in [0.2, 0.25) is 5.91 Å². The van der Waals surface area contributed by atoms with E-state index >= 15 is 0 Å². The third kappa shape index (κ3) is 5.37. The number of methoxy groups -OCH3 is 3. The van der Waals surface area contributed by atoms with Crippen LogP contribution in [0.15, 0.2) is 66.7 Å². The van der Waals surface area contributed by atoms with Gasteiger partial charge < -0.3 is 24.8 Å². The van der Waals surface area contributed by atoms with Crippen LogP contribution in [0.4, 0.5) is 0 Å². The fraction of sp³-hybridized carbons (Fsp3) is 0.200. The van der Waals surface area contributed by atoms with Crippen molar-refractivity contribution < 1.29 is 23.8 Å². The molecule has 3 rings (SSSR count). The molecule has 32 heavy (non-hydrogen) atoms. The summed E-state index contributed by atoms with van der Waals surface area (Å²) in [6, 6.07) is 19.6. The van der Waals surface area contributed by atoms with Gasteiger partial charge >= 0.3 is 0 Å². The number of benzene rings is 3. The molecule has 2 amide bonds. The third-order valence-electron chi connectivity index (χ3n) is 5.07. The molecule has 0 atom stereocenters. The molecule has 0 bridgehead atoms. The fourth-order valence-corrected chi connectivity index (χ4v) is 3.30. The lowest BCUT2D eigenvalue weighted by molar-refractivity contribution is 0.0726. The van der Waals surface area contributed by atoms with Crippen molar-refractivity contribution in [3.63, 3.8) is 0 Å². The number of primary amides is 1. The van der Waals surface area contributed by atoms with E-state index in [2.05, 4.69) is 0 Å². The standard InChI is InChI=1S/C25H26N2O5/c1-30-20-9-4-17(5-10-20)15-27(16-18-6-11-21(31-2)12-7-18)25(29)22-14-19(24(26)28)8-13-23(22)32-3/h4-14H,15-16H2,1-3H3,(H2,26,28). The van der Waals surface area contributed by atoms with Gasteiger partial charge in [-0.2, -0.15) is 0 Å². The molecule has 0 saturated carbocycles. The Balaban J connectivity index is 1.96. The zero-order chi connectivity index (χ0) is 23.1. The molecule has 3 aromatic rings. The molecule has 7 heteroatoms. The topological polar surface area (TPSA) is 91.1 Å². The number of amides is 2. The predicted molar refractivity (Wildman–Crippen MR) is 121 cm³/mol. The molecule has 0 spiro atoms. The minimum absolute atomic E-state index is 0.239. The first-order valence-corrected chi connectivity index (χ1v) is 9.98. The van der Waals surface area contributed by atoms with E-state index in [0.29, 0.717) is 18.8 Å². The van der Waals surface area contributed by atoms with Crippen molar-refractivity contribution in [2.75, 3.05) is 21.3 Å². The highest BCUT2D eigenvalue weighted by Gasteiger charge is 2.22. The first-order chi connectivity index (χ1) is 15.4. The van der Waals surface area contributed by atoms with Gasteiger partial charge in [-0.15, -0.1) is 0 Å². The Labute approximate surface area is 187 Å². The molecule has 3 aromatic carbocycles. The Bertz CT molecular complexity index is 1030. The average Bonchev–Trinajstić information content (AvgIpc) is 2.83. The van der Waals surface area contributed by atoms with Crippen LogP contribution in [0.1, 0.15) is 31.8 Å². The summed E-state index contributed by atoms with van der Waals surface area (Å²) < 4.78 is 15.8. The Morgan fingerprint density at radius 3 is 1.66 bits per heavy atom. The second-order valence-electron chi connectivity index (χ2n) is 7.14. The van der Waals surface area contributed by atoms with Crippen molar-refractivity contribution in [2.24, 2.45) is 5.73 Å². The van der Waals surface area contributed by atoms with Crippen LogP contribution in [-0.2, 0) is 13.1 Å². The summed E-state index contributed by atoms with van der Waals surface area (Å²) in [7, 11) is 4.69.